The predicted octanol–water partition coefficient (Wildman–Crippen LogP) is 5.89. The van der Waals surface area contributed by atoms with Crippen molar-refractivity contribution in [2.75, 3.05) is 13.7 Å². The number of nitrogens with zero attached hydrogens (tertiary/aromatic N) is 1. The molecule has 3 rings (SSSR count). The van der Waals surface area contributed by atoms with E-state index >= 15 is 0 Å². The average Bonchev–Trinajstić information content (AvgIpc) is 2.72. The summed E-state index contributed by atoms with van der Waals surface area (Å²) >= 11 is 3.52. The number of para-hydroxylation sites is 1. The van der Waals surface area contributed by atoms with E-state index in [4.69, 9.17) is 14.2 Å². The summed E-state index contributed by atoms with van der Waals surface area (Å²) in [6.07, 6.45) is 4.16. The maximum atomic E-state index is 11.7. The Morgan fingerprint density at radius 3 is 2.66 bits per heavy atom. The van der Waals surface area contributed by atoms with E-state index in [0.717, 1.165) is 21.1 Å². The highest BCUT2D eigenvalue weighted by Gasteiger charge is 2.11. The summed E-state index contributed by atoms with van der Waals surface area (Å²) in [5.74, 6) is 1.52. The van der Waals surface area contributed by atoms with Gasteiger partial charge in [-0.15, -0.1) is 0 Å². The second-order valence-corrected chi connectivity index (χ2v) is 7.05. The van der Waals surface area contributed by atoms with Crippen LogP contribution in [-0.4, -0.2) is 24.7 Å². The Bertz CT molecular complexity index is 1060. The molecule has 0 saturated heterocycles. The lowest BCUT2D eigenvalue weighted by Gasteiger charge is -2.12. The van der Waals surface area contributed by atoms with E-state index in [1.165, 1.54) is 0 Å². The smallest absolute Gasteiger partial charge is 0.310 e. The van der Waals surface area contributed by atoms with E-state index in [0.29, 0.717) is 35.8 Å². The van der Waals surface area contributed by atoms with Crippen molar-refractivity contribution in [3.63, 3.8) is 0 Å². The zero-order chi connectivity index (χ0) is 20.8. The van der Waals surface area contributed by atoms with Crippen LogP contribution in [0.3, 0.4) is 0 Å². The Balaban J connectivity index is 1.94. The largest absolute Gasteiger partial charge is 0.492 e. The van der Waals surface area contributed by atoms with Crippen molar-refractivity contribution in [1.29, 1.82) is 0 Å². The molecule has 29 heavy (non-hydrogen) atoms. The third kappa shape index (κ3) is 4.95. The molecule has 5 nitrogen and oxygen atoms in total. The third-order valence-electron chi connectivity index (χ3n) is 4.20. The number of ether oxygens (including phenoxy) is 3. The molecular weight excluding hydrogens is 434 g/mol. The van der Waals surface area contributed by atoms with Crippen LogP contribution in [0, 0.1) is 0 Å². The second-order valence-electron chi connectivity index (χ2n) is 6.19. The monoisotopic (exact) mass is 455 g/mol. The van der Waals surface area contributed by atoms with Gasteiger partial charge in [-0.25, -0.2) is 4.98 Å². The van der Waals surface area contributed by atoms with E-state index < -0.39 is 0 Å². The topological polar surface area (TPSA) is 57.7 Å². The number of halogens is 1. The van der Waals surface area contributed by atoms with Gasteiger partial charge in [0.2, 0.25) is 0 Å². The number of carbonyl (C=O) groups excluding carboxylic acids is 1. The molecule has 0 saturated carbocycles. The standard InChI is InChI=1S/C23H22BrNO4/c1-4-21(26)29-19-8-6-7-16-10-12-17(25-22(16)19)11-9-15-13-18(24)23(27-3)20(14-15)28-5-2/h6-14H,4-5H2,1-3H3. The third-order valence-corrected chi connectivity index (χ3v) is 4.79. The van der Waals surface area contributed by atoms with Gasteiger partial charge in [0.1, 0.15) is 5.52 Å². The Hall–Kier alpha value is -2.86. The maximum Gasteiger partial charge on any atom is 0.310 e. The van der Waals surface area contributed by atoms with E-state index in [-0.39, 0.29) is 5.97 Å². The summed E-state index contributed by atoms with van der Waals surface area (Å²) in [4.78, 5) is 16.4. The van der Waals surface area contributed by atoms with Gasteiger partial charge in [-0.1, -0.05) is 31.2 Å². The number of hydrogen-bond acceptors (Lipinski definition) is 5. The quantitative estimate of drug-likeness (QED) is 0.328. The molecule has 0 radical (unpaired) electrons. The van der Waals surface area contributed by atoms with Crippen LogP contribution in [0.25, 0.3) is 23.1 Å². The first-order chi connectivity index (χ1) is 14.0. The van der Waals surface area contributed by atoms with Crippen LogP contribution in [0.4, 0.5) is 0 Å². The lowest BCUT2D eigenvalue weighted by Crippen LogP contribution is -2.06. The Kier molecular flexibility index (Phi) is 6.88. The first kappa shape index (κ1) is 20.9. The van der Waals surface area contributed by atoms with E-state index in [1.54, 1.807) is 20.1 Å². The molecule has 0 amide bonds. The molecule has 3 aromatic rings. The molecule has 0 unspecified atom stereocenters. The minimum absolute atomic E-state index is 0.285. The van der Waals surface area contributed by atoms with Crippen molar-refractivity contribution in [2.45, 2.75) is 20.3 Å². The second kappa shape index (κ2) is 9.56. The van der Waals surface area contributed by atoms with Crippen LogP contribution in [0.2, 0.25) is 0 Å². The van der Waals surface area contributed by atoms with Gasteiger partial charge < -0.3 is 14.2 Å². The Labute approximate surface area is 178 Å². The van der Waals surface area contributed by atoms with Gasteiger partial charge in [0.15, 0.2) is 17.2 Å². The number of fused-ring (bicyclic) bond motifs is 1. The van der Waals surface area contributed by atoms with Gasteiger partial charge in [-0.3, -0.25) is 4.79 Å². The van der Waals surface area contributed by atoms with E-state index in [9.17, 15) is 4.79 Å². The number of rotatable bonds is 7. The molecule has 1 aromatic heterocycles. The molecule has 0 atom stereocenters. The fourth-order valence-electron chi connectivity index (χ4n) is 2.83. The molecule has 0 aliphatic heterocycles. The maximum absolute atomic E-state index is 11.7. The van der Waals surface area contributed by atoms with E-state index in [1.807, 2.05) is 55.5 Å². The van der Waals surface area contributed by atoms with Crippen molar-refractivity contribution in [3.05, 3.63) is 58.2 Å². The summed E-state index contributed by atoms with van der Waals surface area (Å²) < 4.78 is 17.3. The van der Waals surface area contributed by atoms with Gasteiger partial charge in [0.25, 0.3) is 0 Å². The molecule has 0 spiro atoms. The molecule has 6 heteroatoms. The molecule has 0 bridgehead atoms. The normalized spacial score (nSPS) is 11.0. The highest BCUT2D eigenvalue weighted by atomic mass is 79.9. The number of esters is 1. The molecule has 0 N–H and O–H groups in total. The van der Waals surface area contributed by atoms with Gasteiger partial charge in [-0.05, 0) is 58.8 Å². The summed E-state index contributed by atoms with van der Waals surface area (Å²) in [7, 11) is 1.61. The minimum atomic E-state index is -0.285. The fourth-order valence-corrected chi connectivity index (χ4v) is 3.45. The van der Waals surface area contributed by atoms with Crippen molar-refractivity contribution >= 4 is 45.0 Å². The van der Waals surface area contributed by atoms with Crippen LogP contribution < -0.4 is 14.2 Å². The molecule has 0 aliphatic carbocycles. The van der Waals surface area contributed by atoms with Crippen molar-refractivity contribution < 1.29 is 19.0 Å². The number of benzene rings is 2. The summed E-state index contributed by atoms with van der Waals surface area (Å²) in [6, 6.07) is 13.3. The van der Waals surface area contributed by atoms with Gasteiger partial charge in [-0.2, -0.15) is 0 Å². The zero-order valence-corrected chi connectivity index (χ0v) is 18.2. The van der Waals surface area contributed by atoms with Crippen LogP contribution in [0.15, 0.2) is 46.9 Å². The van der Waals surface area contributed by atoms with Crippen LogP contribution in [-0.2, 0) is 4.79 Å². The Morgan fingerprint density at radius 2 is 1.93 bits per heavy atom. The average molecular weight is 456 g/mol. The minimum Gasteiger partial charge on any atom is -0.492 e. The highest BCUT2D eigenvalue weighted by Crippen LogP contribution is 2.37. The summed E-state index contributed by atoms with van der Waals surface area (Å²) in [6.45, 7) is 4.23. The van der Waals surface area contributed by atoms with Gasteiger partial charge in [0.05, 0.1) is 23.9 Å². The van der Waals surface area contributed by atoms with Gasteiger partial charge in [0, 0.05) is 11.8 Å². The molecule has 0 aliphatic rings. The van der Waals surface area contributed by atoms with Crippen molar-refractivity contribution in [2.24, 2.45) is 0 Å². The lowest BCUT2D eigenvalue weighted by atomic mass is 10.1. The van der Waals surface area contributed by atoms with Crippen LogP contribution >= 0.6 is 15.9 Å². The Morgan fingerprint density at radius 1 is 1.10 bits per heavy atom. The van der Waals surface area contributed by atoms with Crippen molar-refractivity contribution in [1.82, 2.24) is 4.98 Å². The zero-order valence-electron chi connectivity index (χ0n) is 16.6. The fraction of sp³-hybridized carbons (Fsp3) is 0.217. The number of methoxy groups -OCH3 is 1. The van der Waals surface area contributed by atoms with Gasteiger partial charge >= 0.3 is 5.97 Å². The first-order valence-electron chi connectivity index (χ1n) is 9.34. The number of hydrogen-bond donors (Lipinski definition) is 0. The SMILES string of the molecule is CCOc1cc(C=Cc2ccc3cccc(OC(=O)CC)c3n2)cc(Br)c1OC. The summed E-state index contributed by atoms with van der Waals surface area (Å²) in [5.41, 5.74) is 2.35. The predicted molar refractivity (Wildman–Crippen MR) is 118 cm³/mol. The van der Waals surface area contributed by atoms with Crippen molar-refractivity contribution in [3.8, 4) is 17.2 Å². The molecule has 150 valence electrons. The van der Waals surface area contributed by atoms with Crippen LogP contribution in [0.5, 0.6) is 17.2 Å². The van der Waals surface area contributed by atoms with E-state index in [2.05, 4.69) is 20.9 Å². The first-order valence-corrected chi connectivity index (χ1v) is 10.1. The molecule has 1 heterocycles. The molecule has 0 fully saturated rings. The molecular formula is C23H22BrNO4. The summed E-state index contributed by atoms with van der Waals surface area (Å²) in [5, 5.41) is 0.911. The highest BCUT2D eigenvalue weighted by molar-refractivity contribution is 9.10. The number of aromatic nitrogens is 1. The van der Waals surface area contributed by atoms with Crippen LogP contribution in [0.1, 0.15) is 31.5 Å². The molecule has 2 aromatic carbocycles. The number of pyridine rings is 1. The lowest BCUT2D eigenvalue weighted by molar-refractivity contribution is -0.133. The number of carbonyl (C=O) groups is 1.